The molecule has 2 aromatic rings. The third kappa shape index (κ3) is 5.54. The van der Waals surface area contributed by atoms with Crippen molar-refractivity contribution in [2.75, 3.05) is 0 Å². The Balaban J connectivity index is 0.00000208. The molecule has 1 saturated carbocycles. The zero-order valence-electron chi connectivity index (χ0n) is 14.5. The minimum absolute atomic E-state index is 0. The molecule has 1 N–H and O–H groups in total. The fraction of sp³-hybridized carbons (Fsp3) is 0.429. The van der Waals surface area contributed by atoms with Crippen molar-refractivity contribution in [2.24, 2.45) is 0 Å². The largest absolute Gasteiger partial charge is 0.489 e. The lowest BCUT2D eigenvalue weighted by Crippen LogP contribution is -2.30. The smallest absolute Gasteiger partial charge is 0.124 e. The highest BCUT2D eigenvalue weighted by atomic mass is 35.5. The van der Waals surface area contributed by atoms with Gasteiger partial charge < -0.3 is 10.1 Å². The second-order valence-corrected chi connectivity index (χ2v) is 6.60. The van der Waals surface area contributed by atoms with Crippen molar-refractivity contribution in [3.8, 4) is 5.75 Å². The van der Waals surface area contributed by atoms with Gasteiger partial charge in [-0.2, -0.15) is 0 Å². The van der Waals surface area contributed by atoms with Crippen LogP contribution in [-0.2, 0) is 13.2 Å². The van der Waals surface area contributed by atoms with E-state index in [4.69, 9.17) is 4.74 Å². The third-order valence-corrected chi connectivity index (χ3v) is 4.67. The van der Waals surface area contributed by atoms with Crippen LogP contribution in [0, 0.1) is 6.92 Å². The van der Waals surface area contributed by atoms with Crippen LogP contribution in [0.2, 0.25) is 0 Å². The van der Waals surface area contributed by atoms with Crippen molar-refractivity contribution < 1.29 is 4.74 Å². The van der Waals surface area contributed by atoms with Crippen molar-refractivity contribution in [1.29, 1.82) is 0 Å². The number of ether oxygens (including phenoxy) is 1. The van der Waals surface area contributed by atoms with E-state index < -0.39 is 0 Å². The van der Waals surface area contributed by atoms with Crippen LogP contribution in [0.3, 0.4) is 0 Å². The van der Waals surface area contributed by atoms with E-state index in [2.05, 4.69) is 60.8 Å². The molecule has 0 amide bonds. The Kier molecular flexibility index (Phi) is 7.61. The Morgan fingerprint density at radius 2 is 1.67 bits per heavy atom. The summed E-state index contributed by atoms with van der Waals surface area (Å²) in [6.07, 6.45) is 6.75. The van der Waals surface area contributed by atoms with Crippen LogP contribution in [0.4, 0.5) is 0 Å². The van der Waals surface area contributed by atoms with Crippen molar-refractivity contribution in [2.45, 2.75) is 58.2 Å². The number of hydrogen-bond donors (Lipinski definition) is 1. The average molecular weight is 346 g/mol. The first-order chi connectivity index (χ1) is 11.3. The van der Waals surface area contributed by atoms with E-state index in [1.807, 2.05) is 0 Å². The third-order valence-electron chi connectivity index (χ3n) is 4.67. The molecule has 2 aromatic carbocycles. The standard InChI is InChI=1S/C21H27NO.ClH/c1-17-11-13-18(14-12-17)16-23-21-10-6-5-7-19(21)15-22-20-8-3-2-4-9-20;/h5-7,10-14,20,22H,2-4,8-9,15-16H2,1H3;1H. The molecule has 3 rings (SSSR count). The van der Waals surface area contributed by atoms with Gasteiger partial charge in [0, 0.05) is 18.2 Å². The summed E-state index contributed by atoms with van der Waals surface area (Å²) in [4.78, 5) is 0. The Morgan fingerprint density at radius 3 is 2.42 bits per heavy atom. The normalized spacial score (nSPS) is 14.9. The Hall–Kier alpha value is -1.51. The van der Waals surface area contributed by atoms with Crippen molar-refractivity contribution >= 4 is 12.4 Å². The number of halogens is 1. The number of para-hydroxylation sites is 1. The first-order valence-corrected chi connectivity index (χ1v) is 8.81. The molecular weight excluding hydrogens is 318 g/mol. The topological polar surface area (TPSA) is 21.3 Å². The van der Waals surface area contributed by atoms with Gasteiger partial charge in [-0.25, -0.2) is 0 Å². The van der Waals surface area contributed by atoms with Gasteiger partial charge >= 0.3 is 0 Å². The van der Waals surface area contributed by atoms with E-state index >= 15 is 0 Å². The van der Waals surface area contributed by atoms with Crippen LogP contribution in [0.5, 0.6) is 5.75 Å². The fourth-order valence-electron chi connectivity index (χ4n) is 3.20. The molecule has 3 heteroatoms. The summed E-state index contributed by atoms with van der Waals surface area (Å²) >= 11 is 0. The SMILES string of the molecule is Cc1ccc(COc2ccccc2CNC2CCCCC2)cc1.Cl. The second kappa shape index (κ2) is 9.71. The summed E-state index contributed by atoms with van der Waals surface area (Å²) in [6.45, 7) is 3.63. The minimum Gasteiger partial charge on any atom is -0.489 e. The van der Waals surface area contributed by atoms with Crippen LogP contribution >= 0.6 is 12.4 Å². The average Bonchev–Trinajstić information content (AvgIpc) is 2.61. The molecule has 2 nitrogen and oxygen atoms in total. The molecule has 0 heterocycles. The lowest BCUT2D eigenvalue weighted by molar-refractivity contribution is 0.300. The lowest BCUT2D eigenvalue weighted by Gasteiger charge is -2.23. The first kappa shape index (κ1) is 18.8. The van der Waals surface area contributed by atoms with E-state index in [1.165, 1.54) is 48.8 Å². The zero-order valence-corrected chi connectivity index (χ0v) is 15.3. The molecule has 0 atom stereocenters. The molecule has 0 spiro atoms. The number of benzene rings is 2. The summed E-state index contributed by atoms with van der Waals surface area (Å²) < 4.78 is 6.06. The maximum absolute atomic E-state index is 6.06. The zero-order chi connectivity index (χ0) is 15.9. The Labute approximate surface area is 152 Å². The van der Waals surface area contributed by atoms with Gasteiger partial charge in [-0.15, -0.1) is 12.4 Å². The molecule has 0 saturated heterocycles. The summed E-state index contributed by atoms with van der Waals surface area (Å²) in [5.41, 5.74) is 3.75. The van der Waals surface area contributed by atoms with Gasteiger partial charge in [0.05, 0.1) is 0 Å². The maximum Gasteiger partial charge on any atom is 0.124 e. The van der Waals surface area contributed by atoms with E-state index in [9.17, 15) is 0 Å². The molecular formula is C21H28ClNO. The number of aryl methyl sites for hydroxylation is 1. The predicted molar refractivity (Wildman–Crippen MR) is 103 cm³/mol. The number of rotatable bonds is 6. The van der Waals surface area contributed by atoms with Gasteiger partial charge in [0.1, 0.15) is 12.4 Å². The van der Waals surface area contributed by atoms with E-state index in [1.54, 1.807) is 0 Å². The highest BCUT2D eigenvalue weighted by Crippen LogP contribution is 2.22. The molecule has 1 aliphatic carbocycles. The monoisotopic (exact) mass is 345 g/mol. The van der Waals surface area contributed by atoms with E-state index in [0.29, 0.717) is 12.6 Å². The molecule has 24 heavy (non-hydrogen) atoms. The van der Waals surface area contributed by atoms with Gasteiger partial charge in [0.15, 0.2) is 0 Å². The number of hydrogen-bond acceptors (Lipinski definition) is 2. The van der Waals surface area contributed by atoms with Crippen LogP contribution in [0.1, 0.15) is 48.8 Å². The Morgan fingerprint density at radius 1 is 0.958 bits per heavy atom. The van der Waals surface area contributed by atoms with Crippen LogP contribution in [-0.4, -0.2) is 6.04 Å². The second-order valence-electron chi connectivity index (χ2n) is 6.60. The summed E-state index contributed by atoms with van der Waals surface area (Å²) in [5, 5.41) is 3.70. The summed E-state index contributed by atoms with van der Waals surface area (Å²) in [6, 6.07) is 17.6. The molecule has 1 aliphatic rings. The predicted octanol–water partition coefficient (Wildman–Crippen LogP) is 5.42. The van der Waals surface area contributed by atoms with E-state index in [0.717, 1.165) is 12.3 Å². The molecule has 0 bridgehead atoms. The van der Waals surface area contributed by atoms with Crippen LogP contribution in [0.25, 0.3) is 0 Å². The highest BCUT2D eigenvalue weighted by molar-refractivity contribution is 5.85. The van der Waals surface area contributed by atoms with Gasteiger partial charge in [-0.1, -0.05) is 67.3 Å². The quantitative estimate of drug-likeness (QED) is 0.754. The molecule has 0 radical (unpaired) electrons. The molecule has 1 fully saturated rings. The van der Waals surface area contributed by atoms with Gasteiger partial charge in [0.2, 0.25) is 0 Å². The van der Waals surface area contributed by atoms with Gasteiger partial charge in [-0.3, -0.25) is 0 Å². The fourth-order valence-corrected chi connectivity index (χ4v) is 3.20. The first-order valence-electron chi connectivity index (χ1n) is 8.81. The van der Waals surface area contributed by atoms with Gasteiger partial charge in [-0.05, 0) is 31.4 Å². The highest BCUT2D eigenvalue weighted by Gasteiger charge is 2.13. The van der Waals surface area contributed by atoms with Gasteiger partial charge in [0.25, 0.3) is 0 Å². The summed E-state index contributed by atoms with van der Waals surface area (Å²) in [7, 11) is 0. The summed E-state index contributed by atoms with van der Waals surface area (Å²) in [5.74, 6) is 0.997. The van der Waals surface area contributed by atoms with E-state index in [-0.39, 0.29) is 12.4 Å². The van der Waals surface area contributed by atoms with Crippen LogP contribution in [0.15, 0.2) is 48.5 Å². The lowest BCUT2D eigenvalue weighted by atomic mass is 9.95. The Bertz CT molecular complexity index is 605. The number of nitrogens with one attached hydrogen (secondary N) is 1. The van der Waals surface area contributed by atoms with Crippen molar-refractivity contribution in [3.63, 3.8) is 0 Å². The molecule has 130 valence electrons. The minimum atomic E-state index is 0. The molecule has 0 unspecified atom stereocenters. The molecule has 0 aromatic heterocycles. The van der Waals surface area contributed by atoms with Crippen molar-refractivity contribution in [3.05, 3.63) is 65.2 Å². The molecule has 0 aliphatic heterocycles. The van der Waals surface area contributed by atoms with Crippen molar-refractivity contribution in [1.82, 2.24) is 5.32 Å². The maximum atomic E-state index is 6.06. The van der Waals surface area contributed by atoms with Crippen LogP contribution < -0.4 is 10.1 Å².